The van der Waals surface area contributed by atoms with Gasteiger partial charge in [0.1, 0.15) is 5.82 Å². The molecule has 3 N–H and O–H groups in total. The molecule has 0 aliphatic heterocycles. The zero-order valence-corrected chi connectivity index (χ0v) is 12.5. The van der Waals surface area contributed by atoms with Crippen LogP contribution in [0, 0.1) is 17.7 Å². The molecule has 1 aromatic rings. The van der Waals surface area contributed by atoms with Crippen molar-refractivity contribution in [2.75, 3.05) is 11.9 Å². The van der Waals surface area contributed by atoms with Crippen molar-refractivity contribution in [1.82, 2.24) is 5.32 Å². The first kappa shape index (κ1) is 16.9. The maximum atomic E-state index is 13.0. The van der Waals surface area contributed by atoms with Gasteiger partial charge in [0.15, 0.2) is 0 Å². The molecule has 23 heavy (non-hydrogen) atoms. The van der Waals surface area contributed by atoms with Gasteiger partial charge in [-0.25, -0.2) is 4.39 Å². The summed E-state index contributed by atoms with van der Waals surface area (Å²) in [5.41, 5.74) is 0.325. The number of aliphatic carboxylic acids is 1. The second-order valence-electron chi connectivity index (χ2n) is 5.66. The number of rotatable bonds is 5. The predicted octanol–water partition coefficient (Wildman–Crippen LogP) is 1.77. The van der Waals surface area contributed by atoms with Gasteiger partial charge in [0.2, 0.25) is 11.8 Å². The number of hydrogen-bond donors (Lipinski definition) is 3. The van der Waals surface area contributed by atoms with E-state index in [1.54, 1.807) is 6.07 Å². The Morgan fingerprint density at radius 1 is 1.13 bits per heavy atom. The normalized spacial score (nSPS) is 20.6. The molecule has 0 unspecified atom stereocenters. The largest absolute Gasteiger partial charge is 0.481 e. The SMILES string of the molecule is O=C(CNC(=O)C1CCC(C(=O)O)CC1)Nc1cccc(F)c1. The standard InChI is InChI=1S/C16H19FN2O4/c17-12-2-1-3-13(8-12)19-14(20)9-18-15(21)10-4-6-11(7-5-10)16(22)23/h1-3,8,10-11H,4-7,9H2,(H,18,21)(H,19,20)(H,22,23). The number of benzene rings is 1. The van der Waals surface area contributed by atoms with Crippen molar-refractivity contribution in [1.29, 1.82) is 0 Å². The third kappa shape index (κ3) is 5.05. The van der Waals surface area contributed by atoms with E-state index in [1.165, 1.54) is 18.2 Å². The Morgan fingerprint density at radius 2 is 1.78 bits per heavy atom. The number of hydrogen-bond acceptors (Lipinski definition) is 3. The molecule has 1 aliphatic carbocycles. The van der Waals surface area contributed by atoms with Crippen molar-refractivity contribution in [3.8, 4) is 0 Å². The summed E-state index contributed by atoms with van der Waals surface area (Å²) in [5, 5.41) is 13.9. The van der Waals surface area contributed by atoms with Crippen molar-refractivity contribution in [2.24, 2.45) is 11.8 Å². The lowest BCUT2D eigenvalue weighted by molar-refractivity contribution is -0.144. The van der Waals surface area contributed by atoms with E-state index in [-0.39, 0.29) is 24.3 Å². The van der Waals surface area contributed by atoms with E-state index in [0.717, 1.165) is 0 Å². The summed E-state index contributed by atoms with van der Waals surface area (Å²) in [6.45, 7) is -0.200. The summed E-state index contributed by atoms with van der Waals surface area (Å²) in [6.07, 6.45) is 1.97. The summed E-state index contributed by atoms with van der Waals surface area (Å²) in [7, 11) is 0. The first-order valence-corrected chi connectivity index (χ1v) is 7.51. The van der Waals surface area contributed by atoms with Crippen LogP contribution in [-0.2, 0) is 14.4 Å². The summed E-state index contributed by atoms with van der Waals surface area (Å²) in [6, 6.07) is 5.48. The number of halogens is 1. The Labute approximate surface area is 133 Å². The molecule has 124 valence electrons. The molecule has 2 amide bonds. The number of carbonyl (C=O) groups is 3. The number of carbonyl (C=O) groups excluding carboxylic acids is 2. The van der Waals surface area contributed by atoms with Gasteiger partial charge in [-0.2, -0.15) is 0 Å². The van der Waals surface area contributed by atoms with Gasteiger partial charge < -0.3 is 15.7 Å². The van der Waals surface area contributed by atoms with E-state index in [4.69, 9.17) is 5.11 Å². The van der Waals surface area contributed by atoms with Gasteiger partial charge in [-0.05, 0) is 43.9 Å². The van der Waals surface area contributed by atoms with Crippen molar-refractivity contribution >= 4 is 23.5 Å². The number of carboxylic acids is 1. The highest BCUT2D eigenvalue weighted by Crippen LogP contribution is 2.28. The van der Waals surface area contributed by atoms with Crippen LogP contribution in [-0.4, -0.2) is 29.4 Å². The lowest BCUT2D eigenvalue weighted by Crippen LogP contribution is -2.38. The molecule has 0 radical (unpaired) electrons. The van der Waals surface area contributed by atoms with E-state index in [0.29, 0.717) is 31.4 Å². The highest BCUT2D eigenvalue weighted by molar-refractivity contribution is 5.94. The van der Waals surface area contributed by atoms with Crippen molar-refractivity contribution < 1.29 is 23.9 Å². The van der Waals surface area contributed by atoms with Crippen molar-refractivity contribution in [3.05, 3.63) is 30.1 Å². The molecule has 2 rings (SSSR count). The van der Waals surface area contributed by atoms with Crippen LogP contribution in [0.5, 0.6) is 0 Å². The third-order valence-electron chi connectivity index (χ3n) is 3.98. The van der Waals surface area contributed by atoms with Gasteiger partial charge >= 0.3 is 5.97 Å². The van der Waals surface area contributed by atoms with E-state index in [2.05, 4.69) is 10.6 Å². The van der Waals surface area contributed by atoms with Gasteiger partial charge in [0.25, 0.3) is 0 Å². The lowest BCUT2D eigenvalue weighted by atomic mass is 9.81. The van der Waals surface area contributed by atoms with E-state index < -0.39 is 17.7 Å². The molecule has 1 aromatic carbocycles. The molecule has 0 bridgehead atoms. The van der Waals surface area contributed by atoms with Crippen LogP contribution in [0.25, 0.3) is 0 Å². The molecule has 0 atom stereocenters. The number of amides is 2. The summed E-state index contributed by atoms with van der Waals surface area (Å²) in [5.74, 6) is -2.60. The second kappa shape index (κ2) is 7.71. The topological polar surface area (TPSA) is 95.5 Å². The Bertz CT molecular complexity index is 597. The smallest absolute Gasteiger partial charge is 0.306 e. The fourth-order valence-electron chi connectivity index (χ4n) is 2.69. The average Bonchev–Trinajstić information content (AvgIpc) is 2.52. The minimum atomic E-state index is -0.821. The number of nitrogens with one attached hydrogen (secondary N) is 2. The maximum Gasteiger partial charge on any atom is 0.306 e. The number of carboxylic acid groups (broad SMARTS) is 1. The molecule has 1 fully saturated rings. The Morgan fingerprint density at radius 3 is 2.39 bits per heavy atom. The molecule has 6 nitrogen and oxygen atoms in total. The fourth-order valence-corrected chi connectivity index (χ4v) is 2.69. The predicted molar refractivity (Wildman–Crippen MR) is 81.1 cm³/mol. The van der Waals surface area contributed by atoms with Crippen molar-refractivity contribution in [2.45, 2.75) is 25.7 Å². The molecule has 1 saturated carbocycles. The summed E-state index contributed by atoms with van der Waals surface area (Å²) < 4.78 is 13.0. The lowest BCUT2D eigenvalue weighted by Gasteiger charge is -2.25. The molecule has 0 heterocycles. The molecule has 7 heteroatoms. The highest BCUT2D eigenvalue weighted by atomic mass is 19.1. The molecule has 0 spiro atoms. The quantitative estimate of drug-likeness (QED) is 0.770. The van der Waals surface area contributed by atoms with Gasteiger partial charge in [-0.15, -0.1) is 0 Å². The first-order valence-electron chi connectivity index (χ1n) is 7.51. The highest BCUT2D eigenvalue weighted by Gasteiger charge is 2.29. The Balaban J connectivity index is 1.74. The van der Waals surface area contributed by atoms with E-state index in [1.807, 2.05) is 0 Å². The summed E-state index contributed by atoms with van der Waals surface area (Å²) in [4.78, 5) is 34.6. The van der Waals surface area contributed by atoms with Gasteiger partial charge in [-0.3, -0.25) is 14.4 Å². The fraction of sp³-hybridized carbons (Fsp3) is 0.438. The minimum absolute atomic E-state index is 0.200. The monoisotopic (exact) mass is 322 g/mol. The number of anilines is 1. The average molecular weight is 322 g/mol. The zero-order valence-electron chi connectivity index (χ0n) is 12.5. The third-order valence-corrected chi connectivity index (χ3v) is 3.98. The van der Waals surface area contributed by atoms with Gasteiger partial charge in [0, 0.05) is 11.6 Å². The van der Waals surface area contributed by atoms with Crippen LogP contribution < -0.4 is 10.6 Å². The van der Waals surface area contributed by atoms with E-state index in [9.17, 15) is 18.8 Å². The van der Waals surface area contributed by atoms with Crippen LogP contribution >= 0.6 is 0 Å². The first-order chi connectivity index (χ1) is 11.0. The molecule has 0 saturated heterocycles. The maximum absolute atomic E-state index is 13.0. The molecular formula is C16H19FN2O4. The minimum Gasteiger partial charge on any atom is -0.481 e. The van der Waals surface area contributed by atoms with Crippen LogP contribution in [0.15, 0.2) is 24.3 Å². The second-order valence-corrected chi connectivity index (χ2v) is 5.66. The summed E-state index contributed by atoms with van der Waals surface area (Å²) >= 11 is 0. The van der Waals surface area contributed by atoms with Gasteiger partial charge in [0.05, 0.1) is 12.5 Å². The van der Waals surface area contributed by atoms with Gasteiger partial charge in [-0.1, -0.05) is 6.07 Å². The molecule has 1 aliphatic rings. The van der Waals surface area contributed by atoms with E-state index >= 15 is 0 Å². The zero-order chi connectivity index (χ0) is 16.8. The van der Waals surface area contributed by atoms with Crippen LogP contribution in [0.3, 0.4) is 0 Å². The molecular weight excluding hydrogens is 303 g/mol. The Kier molecular flexibility index (Phi) is 5.67. The molecule has 0 aromatic heterocycles. The van der Waals surface area contributed by atoms with Crippen LogP contribution in [0.4, 0.5) is 10.1 Å². The van der Waals surface area contributed by atoms with Crippen molar-refractivity contribution in [3.63, 3.8) is 0 Å². The van der Waals surface area contributed by atoms with Crippen LogP contribution in [0.1, 0.15) is 25.7 Å². The van der Waals surface area contributed by atoms with Crippen LogP contribution in [0.2, 0.25) is 0 Å². The Hall–Kier alpha value is -2.44.